The van der Waals surface area contributed by atoms with Crippen molar-refractivity contribution in [3.05, 3.63) is 48.0 Å². The number of benzene rings is 2. The highest BCUT2D eigenvalue weighted by molar-refractivity contribution is 8.00. The number of amides is 1. The summed E-state index contributed by atoms with van der Waals surface area (Å²) in [6.07, 6.45) is 2.00. The molecule has 1 heterocycles. The summed E-state index contributed by atoms with van der Waals surface area (Å²) in [5.74, 6) is 0.517. The predicted molar refractivity (Wildman–Crippen MR) is 96.7 cm³/mol. The van der Waals surface area contributed by atoms with Gasteiger partial charge in [0.15, 0.2) is 10.9 Å². The Morgan fingerprint density at radius 1 is 1.30 bits per heavy atom. The second-order valence-corrected chi connectivity index (χ2v) is 7.10. The fourth-order valence-electron chi connectivity index (χ4n) is 2.12. The number of carbonyl (C=O) groups is 1. The maximum Gasteiger partial charge on any atom is 0.262 e. The Hall–Kier alpha value is -2.05. The number of carbonyl (C=O) groups excluding carboxylic acids is 1. The second kappa shape index (κ2) is 7.02. The molecule has 1 amide bonds. The number of aromatic nitrogens is 1. The molecule has 0 spiro atoms. The number of nitrogens with one attached hydrogen (secondary N) is 1. The van der Waals surface area contributed by atoms with Crippen molar-refractivity contribution in [3.8, 4) is 5.75 Å². The number of anilines is 1. The molecule has 0 aliphatic rings. The van der Waals surface area contributed by atoms with E-state index < -0.39 is 0 Å². The van der Waals surface area contributed by atoms with Crippen LogP contribution in [0.3, 0.4) is 0 Å². The molecule has 118 valence electrons. The van der Waals surface area contributed by atoms with E-state index in [0.29, 0.717) is 5.75 Å². The normalized spacial score (nSPS) is 10.7. The summed E-state index contributed by atoms with van der Waals surface area (Å²) in [4.78, 5) is 16.5. The molecule has 0 aliphatic heterocycles. The molecule has 0 atom stereocenters. The minimum Gasteiger partial charge on any atom is -0.484 e. The molecular formula is C17H16N2O2S2. The van der Waals surface area contributed by atoms with Gasteiger partial charge < -0.3 is 10.1 Å². The van der Waals surface area contributed by atoms with Gasteiger partial charge in [0, 0.05) is 5.69 Å². The quantitative estimate of drug-likeness (QED) is 0.699. The molecule has 0 saturated carbocycles. The van der Waals surface area contributed by atoms with Crippen LogP contribution in [0.25, 0.3) is 10.2 Å². The van der Waals surface area contributed by atoms with Crippen LogP contribution >= 0.6 is 23.1 Å². The van der Waals surface area contributed by atoms with Gasteiger partial charge in [0.25, 0.3) is 5.91 Å². The van der Waals surface area contributed by atoms with Gasteiger partial charge in [-0.3, -0.25) is 4.79 Å². The molecule has 0 bridgehead atoms. The summed E-state index contributed by atoms with van der Waals surface area (Å²) < 4.78 is 7.59. The van der Waals surface area contributed by atoms with E-state index in [1.165, 1.54) is 0 Å². The summed E-state index contributed by atoms with van der Waals surface area (Å²) in [5.41, 5.74) is 2.81. The molecule has 1 N–H and O–H groups in total. The summed E-state index contributed by atoms with van der Waals surface area (Å²) in [6, 6.07) is 13.4. The van der Waals surface area contributed by atoms with E-state index in [9.17, 15) is 4.79 Å². The van der Waals surface area contributed by atoms with Gasteiger partial charge in [-0.2, -0.15) is 0 Å². The fourth-order valence-corrected chi connectivity index (χ4v) is 3.65. The van der Waals surface area contributed by atoms with Gasteiger partial charge in [0.1, 0.15) is 5.75 Å². The Kier molecular flexibility index (Phi) is 4.83. The molecular weight excluding hydrogens is 328 g/mol. The number of ether oxygens (including phenoxy) is 1. The first-order valence-electron chi connectivity index (χ1n) is 7.08. The molecule has 0 saturated heterocycles. The van der Waals surface area contributed by atoms with Gasteiger partial charge >= 0.3 is 0 Å². The van der Waals surface area contributed by atoms with Crippen molar-refractivity contribution in [1.82, 2.24) is 4.98 Å². The lowest BCUT2D eigenvalue weighted by atomic mass is 10.2. The maximum absolute atomic E-state index is 12.0. The number of hydrogen-bond donors (Lipinski definition) is 1. The monoisotopic (exact) mass is 344 g/mol. The van der Waals surface area contributed by atoms with Gasteiger partial charge in [0.05, 0.1) is 10.2 Å². The topological polar surface area (TPSA) is 51.2 Å². The zero-order valence-electron chi connectivity index (χ0n) is 12.8. The third kappa shape index (κ3) is 4.03. The van der Waals surface area contributed by atoms with E-state index in [0.717, 1.165) is 25.8 Å². The largest absolute Gasteiger partial charge is 0.484 e. The number of rotatable bonds is 5. The Labute approximate surface area is 142 Å². The molecule has 0 radical (unpaired) electrons. The van der Waals surface area contributed by atoms with E-state index in [-0.39, 0.29) is 12.5 Å². The van der Waals surface area contributed by atoms with E-state index in [1.807, 2.05) is 55.6 Å². The molecule has 23 heavy (non-hydrogen) atoms. The zero-order chi connectivity index (χ0) is 16.2. The van der Waals surface area contributed by atoms with Gasteiger partial charge in [-0.15, -0.1) is 11.3 Å². The number of thiazole rings is 1. The number of fused-ring (bicyclic) bond motifs is 1. The molecule has 0 unspecified atom stereocenters. The van der Waals surface area contributed by atoms with Gasteiger partial charge in [-0.1, -0.05) is 23.9 Å². The minimum absolute atomic E-state index is 0.0136. The number of hydrogen-bond acceptors (Lipinski definition) is 5. The highest BCUT2D eigenvalue weighted by Gasteiger charge is 2.07. The fraction of sp³-hybridized carbons (Fsp3) is 0.176. The van der Waals surface area contributed by atoms with Crippen molar-refractivity contribution < 1.29 is 9.53 Å². The first-order chi connectivity index (χ1) is 11.1. The highest BCUT2D eigenvalue weighted by atomic mass is 32.2. The lowest BCUT2D eigenvalue weighted by molar-refractivity contribution is -0.118. The van der Waals surface area contributed by atoms with Crippen LogP contribution in [0.5, 0.6) is 5.75 Å². The summed E-state index contributed by atoms with van der Waals surface area (Å²) in [6.45, 7) is 1.97. The molecule has 2 aromatic carbocycles. The van der Waals surface area contributed by atoms with Crippen molar-refractivity contribution in [1.29, 1.82) is 0 Å². The standard InChI is InChI=1S/C17H16N2O2S2/c1-11-4-3-5-13(8-11)21-10-16(20)18-12-6-7-14-15(9-12)23-17(19-14)22-2/h3-9H,10H2,1-2H3,(H,18,20). The third-order valence-corrected chi connectivity index (χ3v) is 5.19. The van der Waals surface area contributed by atoms with Crippen molar-refractivity contribution in [2.45, 2.75) is 11.3 Å². The van der Waals surface area contributed by atoms with Crippen LogP contribution in [0.4, 0.5) is 5.69 Å². The van der Waals surface area contributed by atoms with Crippen LogP contribution < -0.4 is 10.1 Å². The molecule has 0 aliphatic carbocycles. The summed E-state index contributed by atoms with van der Waals surface area (Å²) in [5, 5.41) is 2.85. The van der Waals surface area contributed by atoms with Crippen molar-refractivity contribution in [2.75, 3.05) is 18.2 Å². The zero-order valence-corrected chi connectivity index (χ0v) is 14.5. The van der Waals surface area contributed by atoms with Gasteiger partial charge in [-0.05, 0) is 49.1 Å². The maximum atomic E-state index is 12.0. The van der Waals surface area contributed by atoms with E-state index in [1.54, 1.807) is 23.1 Å². The molecule has 3 rings (SSSR count). The molecule has 6 heteroatoms. The lowest BCUT2D eigenvalue weighted by Crippen LogP contribution is -2.20. The van der Waals surface area contributed by atoms with Crippen molar-refractivity contribution in [3.63, 3.8) is 0 Å². The average Bonchev–Trinajstić information content (AvgIpc) is 2.95. The van der Waals surface area contributed by atoms with E-state index in [4.69, 9.17) is 4.74 Å². The minimum atomic E-state index is -0.180. The third-order valence-electron chi connectivity index (χ3n) is 3.19. The van der Waals surface area contributed by atoms with Gasteiger partial charge in [0.2, 0.25) is 0 Å². The summed E-state index contributed by atoms with van der Waals surface area (Å²) >= 11 is 3.24. The van der Waals surface area contributed by atoms with E-state index >= 15 is 0 Å². The Balaban J connectivity index is 1.63. The molecule has 4 nitrogen and oxygen atoms in total. The number of nitrogens with zero attached hydrogens (tertiary/aromatic N) is 1. The van der Waals surface area contributed by atoms with Gasteiger partial charge in [-0.25, -0.2) is 4.98 Å². The highest BCUT2D eigenvalue weighted by Crippen LogP contribution is 2.29. The number of thioether (sulfide) groups is 1. The first-order valence-corrected chi connectivity index (χ1v) is 9.12. The Morgan fingerprint density at radius 2 is 2.17 bits per heavy atom. The van der Waals surface area contributed by atoms with E-state index in [2.05, 4.69) is 10.3 Å². The molecule has 1 aromatic heterocycles. The average molecular weight is 344 g/mol. The smallest absolute Gasteiger partial charge is 0.262 e. The van der Waals surface area contributed by atoms with Crippen LogP contribution in [-0.2, 0) is 4.79 Å². The van der Waals surface area contributed by atoms with Crippen LogP contribution in [0.15, 0.2) is 46.8 Å². The van der Waals surface area contributed by atoms with Crippen molar-refractivity contribution >= 4 is 44.9 Å². The Morgan fingerprint density at radius 3 is 2.96 bits per heavy atom. The van der Waals surface area contributed by atoms with Crippen molar-refractivity contribution in [2.24, 2.45) is 0 Å². The van der Waals surface area contributed by atoms with Crippen LogP contribution in [0, 0.1) is 6.92 Å². The summed E-state index contributed by atoms with van der Waals surface area (Å²) in [7, 11) is 0. The second-order valence-electron chi connectivity index (χ2n) is 5.02. The van der Waals surface area contributed by atoms with Crippen LogP contribution in [0.2, 0.25) is 0 Å². The van der Waals surface area contributed by atoms with Crippen LogP contribution in [0.1, 0.15) is 5.56 Å². The SMILES string of the molecule is CSc1nc2ccc(NC(=O)COc3cccc(C)c3)cc2s1. The first kappa shape index (κ1) is 15.8. The van der Waals surface area contributed by atoms with Crippen LogP contribution in [-0.4, -0.2) is 23.8 Å². The molecule has 3 aromatic rings. The lowest BCUT2D eigenvalue weighted by Gasteiger charge is -2.08. The predicted octanol–water partition coefficient (Wildman–Crippen LogP) is 4.34. The molecule has 0 fully saturated rings. The number of aryl methyl sites for hydroxylation is 1. The Bertz CT molecular complexity index is 845.